The van der Waals surface area contributed by atoms with Crippen LogP contribution in [0.3, 0.4) is 0 Å². The maximum atomic E-state index is 11.9. The number of ether oxygens (including phenoxy) is 1. The summed E-state index contributed by atoms with van der Waals surface area (Å²) in [5.74, 6) is -2.66. The molecule has 0 saturated carbocycles. The number of hydrogen-bond donors (Lipinski definition) is 2. The molecule has 0 aliphatic heterocycles. The summed E-state index contributed by atoms with van der Waals surface area (Å²) >= 11 is 0. The number of nitro groups is 1. The summed E-state index contributed by atoms with van der Waals surface area (Å²) in [6.07, 6.45) is -7.26. The molecule has 0 radical (unpaired) electrons. The largest absolute Gasteiger partial charge is 0.573 e. The van der Waals surface area contributed by atoms with Gasteiger partial charge in [0.15, 0.2) is 6.10 Å². The first-order valence-corrected chi connectivity index (χ1v) is 4.57. The molecule has 2 N–H and O–H groups in total. The molecule has 0 heterocycles. The number of carboxylic acid groups (broad SMARTS) is 1. The fourth-order valence-corrected chi connectivity index (χ4v) is 1.24. The number of aliphatic hydroxyl groups excluding tert-OH is 1. The van der Waals surface area contributed by atoms with Gasteiger partial charge in [-0.3, -0.25) is 10.1 Å². The van der Waals surface area contributed by atoms with E-state index in [0.717, 1.165) is 0 Å². The minimum atomic E-state index is -5.04. The van der Waals surface area contributed by atoms with Crippen LogP contribution in [-0.4, -0.2) is 27.5 Å². The Hall–Kier alpha value is -2.36. The number of aliphatic hydroxyl groups is 1. The van der Waals surface area contributed by atoms with Crippen molar-refractivity contribution < 1.29 is 37.8 Å². The van der Waals surface area contributed by atoms with Crippen molar-refractivity contribution in [1.82, 2.24) is 0 Å². The molecule has 0 aliphatic carbocycles. The zero-order chi connectivity index (χ0) is 14.8. The molecule has 1 rings (SSSR count). The molecule has 104 valence electrons. The van der Waals surface area contributed by atoms with E-state index in [4.69, 9.17) is 5.11 Å². The minimum absolute atomic E-state index is 0.384. The number of carbonyl (C=O) groups is 1. The minimum Gasteiger partial charge on any atom is -0.479 e. The highest BCUT2D eigenvalue weighted by molar-refractivity contribution is 5.76. The summed E-state index contributed by atoms with van der Waals surface area (Å²) in [5.41, 5.74) is -1.64. The van der Waals surface area contributed by atoms with Gasteiger partial charge in [-0.2, -0.15) is 0 Å². The Labute approximate surface area is 103 Å². The lowest BCUT2D eigenvalue weighted by molar-refractivity contribution is -0.386. The Morgan fingerprint density at radius 2 is 2.00 bits per heavy atom. The fourth-order valence-electron chi connectivity index (χ4n) is 1.24. The summed E-state index contributed by atoms with van der Waals surface area (Å²) in [6.45, 7) is 0. The van der Waals surface area contributed by atoms with Crippen molar-refractivity contribution in [2.75, 3.05) is 0 Å². The fraction of sp³-hybridized carbons (Fsp3) is 0.222. The van der Waals surface area contributed by atoms with Crippen molar-refractivity contribution in [2.45, 2.75) is 12.5 Å². The highest BCUT2D eigenvalue weighted by Crippen LogP contribution is 2.32. The van der Waals surface area contributed by atoms with E-state index in [1.165, 1.54) is 0 Å². The van der Waals surface area contributed by atoms with E-state index < -0.39 is 40.4 Å². The smallest absolute Gasteiger partial charge is 0.479 e. The van der Waals surface area contributed by atoms with Gasteiger partial charge in [-0.1, -0.05) is 0 Å². The van der Waals surface area contributed by atoms with Crippen molar-refractivity contribution >= 4 is 11.7 Å². The Morgan fingerprint density at radius 3 is 2.42 bits per heavy atom. The van der Waals surface area contributed by atoms with Crippen LogP contribution in [0.25, 0.3) is 0 Å². The maximum absolute atomic E-state index is 11.9. The molecule has 0 aliphatic rings. The van der Waals surface area contributed by atoms with Crippen LogP contribution < -0.4 is 4.74 Å². The second-order valence-corrected chi connectivity index (χ2v) is 3.27. The molecule has 1 unspecified atom stereocenters. The average Bonchev–Trinajstić information content (AvgIpc) is 2.25. The number of rotatable bonds is 4. The van der Waals surface area contributed by atoms with Gasteiger partial charge in [0.25, 0.3) is 5.69 Å². The van der Waals surface area contributed by atoms with Gasteiger partial charge in [0.05, 0.1) is 16.6 Å². The molecule has 0 aromatic heterocycles. The van der Waals surface area contributed by atoms with Crippen LogP contribution in [0, 0.1) is 10.1 Å². The SMILES string of the molecule is O=C(O)C(O)c1ccc(OC(F)(F)F)cc1[N+](=O)[O-]. The summed E-state index contributed by atoms with van der Waals surface area (Å²) in [6, 6.07) is 1.73. The summed E-state index contributed by atoms with van der Waals surface area (Å²) < 4.78 is 39.2. The summed E-state index contributed by atoms with van der Waals surface area (Å²) in [5, 5.41) is 28.3. The summed E-state index contributed by atoms with van der Waals surface area (Å²) in [4.78, 5) is 20.0. The van der Waals surface area contributed by atoms with Gasteiger partial charge in [0.2, 0.25) is 0 Å². The molecule has 7 nitrogen and oxygen atoms in total. The van der Waals surface area contributed by atoms with Gasteiger partial charge in [-0.05, 0) is 12.1 Å². The van der Waals surface area contributed by atoms with Crippen molar-refractivity contribution in [3.05, 3.63) is 33.9 Å². The van der Waals surface area contributed by atoms with Gasteiger partial charge in [0.1, 0.15) is 5.75 Å². The van der Waals surface area contributed by atoms with Crippen molar-refractivity contribution in [1.29, 1.82) is 0 Å². The number of aliphatic carboxylic acids is 1. The molecule has 0 bridgehead atoms. The number of benzene rings is 1. The Balaban J connectivity index is 3.23. The molecule has 0 fully saturated rings. The first-order chi connectivity index (χ1) is 8.61. The third-order valence-corrected chi connectivity index (χ3v) is 1.96. The lowest BCUT2D eigenvalue weighted by atomic mass is 10.1. The van der Waals surface area contributed by atoms with E-state index >= 15 is 0 Å². The molecule has 19 heavy (non-hydrogen) atoms. The van der Waals surface area contributed by atoms with Gasteiger partial charge < -0.3 is 14.9 Å². The zero-order valence-electron chi connectivity index (χ0n) is 8.92. The second-order valence-electron chi connectivity index (χ2n) is 3.27. The van der Waals surface area contributed by atoms with Gasteiger partial charge in [0, 0.05) is 0 Å². The molecule has 1 atom stereocenters. The first-order valence-electron chi connectivity index (χ1n) is 4.57. The molecule has 0 saturated heterocycles. The zero-order valence-corrected chi connectivity index (χ0v) is 8.92. The van der Waals surface area contributed by atoms with Crippen LogP contribution in [0.1, 0.15) is 11.7 Å². The maximum Gasteiger partial charge on any atom is 0.573 e. The van der Waals surface area contributed by atoms with Crippen LogP contribution in [0.4, 0.5) is 18.9 Å². The molecule has 10 heteroatoms. The van der Waals surface area contributed by atoms with Crippen LogP contribution in [-0.2, 0) is 4.79 Å². The first kappa shape index (κ1) is 14.7. The number of halogens is 3. The standard InChI is InChI=1S/C9H6F3NO6/c10-9(11,12)19-4-1-2-5(7(14)8(15)16)6(3-4)13(17)18/h1-3,7,14H,(H,15,16). The van der Waals surface area contributed by atoms with E-state index in [-0.39, 0.29) is 0 Å². The van der Waals surface area contributed by atoms with Crippen LogP contribution >= 0.6 is 0 Å². The Bertz CT molecular complexity index is 515. The third kappa shape index (κ3) is 3.81. The van der Waals surface area contributed by atoms with E-state index in [0.29, 0.717) is 18.2 Å². The number of carboxylic acids is 1. The Kier molecular flexibility index (Phi) is 3.95. The second kappa shape index (κ2) is 5.10. The van der Waals surface area contributed by atoms with E-state index in [1.54, 1.807) is 0 Å². The number of alkyl halides is 3. The number of nitro benzene ring substituents is 1. The Morgan fingerprint density at radius 1 is 1.42 bits per heavy atom. The van der Waals surface area contributed by atoms with Gasteiger partial charge in [-0.15, -0.1) is 13.2 Å². The monoisotopic (exact) mass is 281 g/mol. The summed E-state index contributed by atoms with van der Waals surface area (Å²) in [7, 11) is 0. The lowest BCUT2D eigenvalue weighted by Gasteiger charge is -2.11. The lowest BCUT2D eigenvalue weighted by Crippen LogP contribution is -2.18. The van der Waals surface area contributed by atoms with Gasteiger partial charge >= 0.3 is 12.3 Å². The topological polar surface area (TPSA) is 110 Å². The quantitative estimate of drug-likeness (QED) is 0.640. The molecule has 1 aromatic rings. The normalized spacial score (nSPS) is 12.8. The predicted octanol–water partition coefficient (Wildman–Crippen LogP) is 1.61. The molecule has 1 aromatic carbocycles. The van der Waals surface area contributed by atoms with Gasteiger partial charge in [-0.25, -0.2) is 4.79 Å². The highest BCUT2D eigenvalue weighted by Gasteiger charge is 2.33. The van der Waals surface area contributed by atoms with Crippen LogP contribution in [0.2, 0.25) is 0 Å². The van der Waals surface area contributed by atoms with E-state index in [1.807, 2.05) is 0 Å². The molecule has 0 amide bonds. The molecule has 0 spiro atoms. The van der Waals surface area contributed by atoms with Crippen LogP contribution in [0.5, 0.6) is 5.75 Å². The third-order valence-electron chi connectivity index (χ3n) is 1.96. The van der Waals surface area contributed by atoms with Crippen LogP contribution in [0.15, 0.2) is 18.2 Å². The average molecular weight is 281 g/mol. The van der Waals surface area contributed by atoms with Crippen molar-refractivity contribution in [2.24, 2.45) is 0 Å². The number of nitrogens with zero attached hydrogens (tertiary/aromatic N) is 1. The highest BCUT2D eigenvalue weighted by atomic mass is 19.4. The van der Waals surface area contributed by atoms with Crippen molar-refractivity contribution in [3.8, 4) is 5.75 Å². The predicted molar refractivity (Wildman–Crippen MR) is 52.4 cm³/mol. The number of hydrogen-bond acceptors (Lipinski definition) is 5. The van der Waals surface area contributed by atoms with E-state index in [9.17, 15) is 33.2 Å². The molecular formula is C9H6F3NO6. The van der Waals surface area contributed by atoms with Crippen molar-refractivity contribution in [3.63, 3.8) is 0 Å². The molecular weight excluding hydrogens is 275 g/mol. The van der Waals surface area contributed by atoms with E-state index in [2.05, 4.69) is 4.74 Å².